The summed E-state index contributed by atoms with van der Waals surface area (Å²) in [6.45, 7) is 0. The largest absolute Gasteiger partial charge is 0.374 e. The van der Waals surface area contributed by atoms with Gasteiger partial charge in [-0.3, -0.25) is 9.59 Å². The molecule has 2 amide bonds. The maximum Gasteiger partial charge on any atom is 0.258 e. The van der Waals surface area contributed by atoms with E-state index in [0.717, 1.165) is 11.4 Å². The van der Waals surface area contributed by atoms with E-state index in [4.69, 9.17) is 11.6 Å². The molecule has 0 radical (unpaired) electrons. The standard InChI is InChI=1S/C27H22ClFN4O2S/c28-23-16-21(14-15-25(23)32-26(34)18-6-2-1-3-7-18)33-36-17-30-19-10-12-20(13-11-19)31-27(35)22-8-4-5-9-24(22)29/h1-16,30,33H,17H2,(H,31,35)(H,32,34). The first-order valence-corrected chi connectivity index (χ1v) is 12.3. The molecule has 36 heavy (non-hydrogen) atoms. The first-order chi connectivity index (χ1) is 17.5. The molecule has 0 atom stereocenters. The number of hydrogen-bond acceptors (Lipinski definition) is 5. The van der Waals surface area contributed by atoms with Gasteiger partial charge in [-0.05, 0) is 78.7 Å². The molecule has 0 saturated carbocycles. The van der Waals surface area contributed by atoms with Gasteiger partial charge in [0.1, 0.15) is 5.82 Å². The summed E-state index contributed by atoms with van der Waals surface area (Å²) in [7, 11) is 0. The number of nitrogens with one attached hydrogen (secondary N) is 4. The molecule has 0 unspecified atom stereocenters. The van der Waals surface area contributed by atoms with E-state index in [0.29, 0.717) is 27.8 Å². The Morgan fingerprint density at radius 1 is 0.750 bits per heavy atom. The third kappa shape index (κ3) is 6.78. The molecule has 0 bridgehead atoms. The van der Waals surface area contributed by atoms with Crippen LogP contribution < -0.4 is 20.7 Å². The third-order valence-corrected chi connectivity index (χ3v) is 6.03. The number of hydrogen-bond donors (Lipinski definition) is 4. The van der Waals surface area contributed by atoms with Crippen molar-refractivity contribution in [2.24, 2.45) is 0 Å². The number of rotatable bonds is 9. The van der Waals surface area contributed by atoms with E-state index in [2.05, 4.69) is 20.7 Å². The molecule has 4 rings (SSSR count). The predicted molar refractivity (Wildman–Crippen MR) is 146 cm³/mol. The average Bonchev–Trinajstić information content (AvgIpc) is 2.89. The fourth-order valence-electron chi connectivity index (χ4n) is 3.22. The number of amides is 2. The normalized spacial score (nSPS) is 10.4. The van der Waals surface area contributed by atoms with Gasteiger partial charge in [-0.2, -0.15) is 0 Å². The lowest BCUT2D eigenvalue weighted by molar-refractivity contribution is 0.101. The average molecular weight is 521 g/mol. The Bertz CT molecular complexity index is 1350. The van der Waals surface area contributed by atoms with Crippen LogP contribution >= 0.6 is 23.5 Å². The summed E-state index contributed by atoms with van der Waals surface area (Å²) in [4.78, 5) is 24.5. The fourth-order valence-corrected chi connectivity index (χ4v) is 4.05. The van der Waals surface area contributed by atoms with Crippen LogP contribution in [0.15, 0.2) is 97.1 Å². The lowest BCUT2D eigenvalue weighted by atomic mass is 10.2. The molecule has 9 heteroatoms. The van der Waals surface area contributed by atoms with Crippen LogP contribution in [0.1, 0.15) is 20.7 Å². The third-order valence-electron chi connectivity index (χ3n) is 5.05. The number of benzene rings is 4. The Hall–Kier alpha value is -4.01. The highest BCUT2D eigenvalue weighted by atomic mass is 35.5. The quantitative estimate of drug-likeness (QED) is 0.107. The van der Waals surface area contributed by atoms with E-state index in [-0.39, 0.29) is 11.5 Å². The van der Waals surface area contributed by atoms with Crippen molar-refractivity contribution >= 4 is 58.1 Å². The van der Waals surface area contributed by atoms with Gasteiger partial charge in [0.15, 0.2) is 0 Å². The van der Waals surface area contributed by atoms with E-state index in [1.165, 1.54) is 30.1 Å². The van der Waals surface area contributed by atoms with Gasteiger partial charge in [0, 0.05) is 22.6 Å². The van der Waals surface area contributed by atoms with Crippen molar-refractivity contribution in [3.63, 3.8) is 0 Å². The van der Waals surface area contributed by atoms with E-state index >= 15 is 0 Å². The fraction of sp³-hybridized carbons (Fsp3) is 0.0370. The van der Waals surface area contributed by atoms with Crippen LogP contribution in [0.5, 0.6) is 0 Å². The molecule has 0 saturated heterocycles. The van der Waals surface area contributed by atoms with Gasteiger partial charge in [0.2, 0.25) is 0 Å². The second kappa shape index (κ2) is 12.1. The van der Waals surface area contributed by atoms with Crippen LogP contribution in [0, 0.1) is 5.82 Å². The zero-order valence-electron chi connectivity index (χ0n) is 18.9. The van der Waals surface area contributed by atoms with E-state index in [1.807, 2.05) is 24.3 Å². The smallest absolute Gasteiger partial charge is 0.258 e. The van der Waals surface area contributed by atoms with Gasteiger partial charge in [0.25, 0.3) is 11.8 Å². The molecule has 0 aromatic heterocycles. The SMILES string of the molecule is O=C(Nc1ccc(NSCNc2ccc(NC(=O)c3ccccc3F)cc2)cc1Cl)c1ccccc1. The Kier molecular flexibility index (Phi) is 8.44. The van der Waals surface area contributed by atoms with Gasteiger partial charge in [0.05, 0.1) is 22.2 Å². The second-order valence-corrected chi connectivity index (χ2v) is 8.78. The Morgan fingerprint density at radius 3 is 2.14 bits per heavy atom. The minimum Gasteiger partial charge on any atom is -0.374 e. The maximum atomic E-state index is 13.8. The Morgan fingerprint density at radius 2 is 1.42 bits per heavy atom. The van der Waals surface area contributed by atoms with Crippen molar-refractivity contribution in [3.05, 3.63) is 119 Å². The van der Waals surface area contributed by atoms with Gasteiger partial charge >= 0.3 is 0 Å². The molecule has 0 fully saturated rings. The molecule has 0 aliphatic rings. The molecule has 0 aliphatic carbocycles. The first-order valence-electron chi connectivity index (χ1n) is 10.9. The van der Waals surface area contributed by atoms with Crippen LogP contribution in [0.4, 0.5) is 27.1 Å². The summed E-state index contributed by atoms with van der Waals surface area (Å²) >= 11 is 7.76. The van der Waals surface area contributed by atoms with Gasteiger partial charge < -0.3 is 20.7 Å². The molecular weight excluding hydrogens is 499 g/mol. The Labute approximate surface area is 217 Å². The van der Waals surface area contributed by atoms with Crippen molar-refractivity contribution in [3.8, 4) is 0 Å². The molecule has 4 N–H and O–H groups in total. The van der Waals surface area contributed by atoms with Gasteiger partial charge in [-0.1, -0.05) is 41.9 Å². The summed E-state index contributed by atoms with van der Waals surface area (Å²) in [5.41, 5.74) is 3.28. The van der Waals surface area contributed by atoms with E-state index in [9.17, 15) is 14.0 Å². The van der Waals surface area contributed by atoms with Crippen molar-refractivity contribution in [2.45, 2.75) is 0 Å². The molecule has 4 aromatic carbocycles. The summed E-state index contributed by atoms with van der Waals surface area (Å²) in [6.07, 6.45) is 0. The minimum atomic E-state index is -0.564. The molecule has 0 spiro atoms. The van der Waals surface area contributed by atoms with E-state index < -0.39 is 11.7 Å². The molecule has 6 nitrogen and oxygen atoms in total. The number of carbonyl (C=O) groups is 2. The molecule has 4 aromatic rings. The van der Waals surface area contributed by atoms with Crippen LogP contribution in [-0.2, 0) is 0 Å². The zero-order chi connectivity index (χ0) is 25.3. The van der Waals surface area contributed by atoms with Gasteiger partial charge in [-0.25, -0.2) is 4.39 Å². The molecule has 0 aliphatic heterocycles. The predicted octanol–water partition coefficient (Wildman–Crippen LogP) is 7.11. The maximum absolute atomic E-state index is 13.8. The zero-order valence-corrected chi connectivity index (χ0v) is 20.5. The van der Waals surface area contributed by atoms with Crippen molar-refractivity contribution in [2.75, 3.05) is 26.5 Å². The van der Waals surface area contributed by atoms with Crippen LogP contribution in [0.3, 0.4) is 0 Å². The highest BCUT2D eigenvalue weighted by molar-refractivity contribution is 8.00. The monoisotopic (exact) mass is 520 g/mol. The van der Waals surface area contributed by atoms with Crippen LogP contribution in [0.2, 0.25) is 5.02 Å². The summed E-state index contributed by atoms with van der Waals surface area (Å²) in [6, 6.07) is 27.2. The van der Waals surface area contributed by atoms with Gasteiger partial charge in [-0.15, -0.1) is 0 Å². The molecular formula is C27H22ClFN4O2S. The highest BCUT2D eigenvalue weighted by Gasteiger charge is 2.11. The van der Waals surface area contributed by atoms with Crippen LogP contribution in [0.25, 0.3) is 0 Å². The Balaban J connectivity index is 1.22. The first kappa shape index (κ1) is 25.1. The lowest BCUT2D eigenvalue weighted by Gasteiger charge is -2.12. The highest BCUT2D eigenvalue weighted by Crippen LogP contribution is 2.27. The second-order valence-electron chi connectivity index (χ2n) is 7.59. The summed E-state index contributed by atoms with van der Waals surface area (Å²) in [5, 5.41) is 9.16. The number of halogens is 2. The van der Waals surface area contributed by atoms with Crippen molar-refractivity contribution in [1.29, 1.82) is 0 Å². The lowest BCUT2D eigenvalue weighted by Crippen LogP contribution is -2.13. The topological polar surface area (TPSA) is 82.3 Å². The van der Waals surface area contributed by atoms with Crippen LogP contribution in [-0.4, -0.2) is 17.7 Å². The van der Waals surface area contributed by atoms with Crippen molar-refractivity contribution in [1.82, 2.24) is 0 Å². The van der Waals surface area contributed by atoms with E-state index in [1.54, 1.807) is 54.6 Å². The summed E-state index contributed by atoms with van der Waals surface area (Å²) in [5.74, 6) is -0.747. The summed E-state index contributed by atoms with van der Waals surface area (Å²) < 4.78 is 16.9. The molecule has 182 valence electrons. The molecule has 0 heterocycles. The number of carbonyl (C=O) groups excluding carboxylic acids is 2. The van der Waals surface area contributed by atoms with Crippen molar-refractivity contribution < 1.29 is 14.0 Å². The minimum absolute atomic E-state index is 0.00566. The number of anilines is 4.